The van der Waals surface area contributed by atoms with Crippen molar-refractivity contribution < 1.29 is 9.90 Å². The largest absolute Gasteiger partial charge is 0.508 e. The Morgan fingerprint density at radius 2 is 1.85 bits per heavy atom. The van der Waals surface area contributed by atoms with Crippen LogP contribution in [0.15, 0.2) is 54.6 Å². The average Bonchev–Trinajstić information content (AvgIpc) is 2.95. The minimum Gasteiger partial charge on any atom is -0.508 e. The number of para-hydroxylation sites is 1. The summed E-state index contributed by atoms with van der Waals surface area (Å²) in [7, 11) is 0. The second-order valence-corrected chi connectivity index (χ2v) is 6.53. The second kappa shape index (κ2) is 7.44. The lowest BCUT2D eigenvalue weighted by atomic mass is 10.1. The van der Waals surface area contributed by atoms with Crippen molar-refractivity contribution >= 4 is 5.91 Å². The molecule has 1 heterocycles. The van der Waals surface area contributed by atoms with Gasteiger partial charge in [0.05, 0.1) is 23.8 Å². The number of phenols is 1. The van der Waals surface area contributed by atoms with E-state index in [0.29, 0.717) is 5.56 Å². The molecule has 26 heavy (non-hydrogen) atoms. The van der Waals surface area contributed by atoms with Gasteiger partial charge < -0.3 is 10.4 Å². The summed E-state index contributed by atoms with van der Waals surface area (Å²) in [6.07, 6.45) is 0.154. The third kappa shape index (κ3) is 3.94. The van der Waals surface area contributed by atoms with Crippen LogP contribution in [0.4, 0.5) is 0 Å². The highest BCUT2D eigenvalue weighted by molar-refractivity contribution is 5.79. The first-order chi connectivity index (χ1) is 12.4. The van der Waals surface area contributed by atoms with E-state index in [-0.39, 0.29) is 24.1 Å². The number of aryl methyl sites for hydroxylation is 2. The molecule has 0 fully saturated rings. The lowest BCUT2D eigenvalue weighted by Crippen LogP contribution is -2.28. The zero-order chi connectivity index (χ0) is 18.7. The van der Waals surface area contributed by atoms with E-state index in [1.165, 1.54) is 0 Å². The van der Waals surface area contributed by atoms with Crippen LogP contribution in [0.5, 0.6) is 5.75 Å². The van der Waals surface area contributed by atoms with Gasteiger partial charge in [0, 0.05) is 11.3 Å². The Bertz CT molecular complexity index is 913. The first-order valence-electron chi connectivity index (χ1n) is 8.64. The molecule has 0 aliphatic carbocycles. The topological polar surface area (TPSA) is 67.2 Å². The monoisotopic (exact) mass is 349 g/mol. The molecule has 2 aromatic carbocycles. The van der Waals surface area contributed by atoms with Crippen molar-refractivity contribution in [2.24, 2.45) is 0 Å². The summed E-state index contributed by atoms with van der Waals surface area (Å²) in [6, 6.07) is 16.8. The van der Waals surface area contributed by atoms with E-state index in [0.717, 1.165) is 22.6 Å². The number of rotatable bonds is 5. The van der Waals surface area contributed by atoms with Crippen molar-refractivity contribution in [3.8, 4) is 11.4 Å². The van der Waals surface area contributed by atoms with Gasteiger partial charge in [-0.3, -0.25) is 4.79 Å². The minimum absolute atomic E-state index is 0.122. The number of nitrogens with zero attached hydrogens (tertiary/aromatic N) is 2. The van der Waals surface area contributed by atoms with Crippen molar-refractivity contribution in [3.63, 3.8) is 0 Å². The molecule has 0 bridgehead atoms. The molecule has 5 nitrogen and oxygen atoms in total. The van der Waals surface area contributed by atoms with Crippen LogP contribution in [-0.4, -0.2) is 20.8 Å². The molecular formula is C21H23N3O2. The molecule has 0 aliphatic rings. The number of hydrogen-bond acceptors (Lipinski definition) is 3. The highest BCUT2D eigenvalue weighted by Crippen LogP contribution is 2.19. The summed E-state index contributed by atoms with van der Waals surface area (Å²) in [6.45, 7) is 5.94. The molecule has 1 amide bonds. The van der Waals surface area contributed by atoms with E-state index in [1.54, 1.807) is 18.2 Å². The summed E-state index contributed by atoms with van der Waals surface area (Å²) in [5, 5.41) is 17.2. The fraction of sp³-hybridized carbons (Fsp3) is 0.238. The molecular weight excluding hydrogens is 326 g/mol. The molecule has 5 heteroatoms. The third-order valence-electron chi connectivity index (χ3n) is 4.37. The molecule has 2 N–H and O–H groups in total. The second-order valence-electron chi connectivity index (χ2n) is 6.53. The van der Waals surface area contributed by atoms with Crippen molar-refractivity contribution in [1.82, 2.24) is 15.1 Å². The molecule has 0 spiro atoms. The summed E-state index contributed by atoms with van der Waals surface area (Å²) in [5.74, 6) is 0.0196. The van der Waals surface area contributed by atoms with Crippen molar-refractivity contribution in [3.05, 3.63) is 77.1 Å². The zero-order valence-corrected chi connectivity index (χ0v) is 15.2. The van der Waals surface area contributed by atoms with E-state index < -0.39 is 0 Å². The summed E-state index contributed by atoms with van der Waals surface area (Å²) >= 11 is 0. The SMILES string of the molecule is Cc1cc(C)n(-c2ccc(C(C)NC(=O)Cc3ccccc3O)cc2)n1. The predicted octanol–water partition coefficient (Wildman–Crippen LogP) is 3.61. The Labute approximate surface area is 153 Å². The molecule has 1 aromatic heterocycles. The first-order valence-corrected chi connectivity index (χ1v) is 8.64. The molecule has 1 unspecified atom stereocenters. The number of benzene rings is 2. The van der Waals surface area contributed by atoms with Crippen molar-refractivity contribution in [2.45, 2.75) is 33.2 Å². The molecule has 0 aliphatic heterocycles. The Hall–Kier alpha value is -3.08. The number of hydrogen-bond donors (Lipinski definition) is 2. The number of phenolic OH excluding ortho intramolecular Hbond substituents is 1. The maximum Gasteiger partial charge on any atom is 0.225 e. The summed E-state index contributed by atoms with van der Waals surface area (Å²) in [4.78, 5) is 12.2. The summed E-state index contributed by atoms with van der Waals surface area (Å²) in [5.41, 5.74) is 4.70. The Morgan fingerprint density at radius 3 is 2.46 bits per heavy atom. The smallest absolute Gasteiger partial charge is 0.225 e. The number of carbonyl (C=O) groups excluding carboxylic acids is 1. The maximum atomic E-state index is 12.2. The van der Waals surface area contributed by atoms with Gasteiger partial charge in [0.25, 0.3) is 0 Å². The molecule has 0 radical (unpaired) electrons. The highest BCUT2D eigenvalue weighted by Gasteiger charge is 2.12. The van der Waals surface area contributed by atoms with Crippen LogP contribution in [0.25, 0.3) is 5.69 Å². The third-order valence-corrected chi connectivity index (χ3v) is 4.37. The minimum atomic E-state index is -0.123. The number of carbonyl (C=O) groups is 1. The van der Waals surface area contributed by atoms with Crippen LogP contribution < -0.4 is 5.32 Å². The highest BCUT2D eigenvalue weighted by atomic mass is 16.3. The van der Waals surface area contributed by atoms with Gasteiger partial charge in [-0.1, -0.05) is 30.3 Å². The summed E-state index contributed by atoms with van der Waals surface area (Å²) < 4.78 is 1.90. The Kier molecular flexibility index (Phi) is 5.07. The fourth-order valence-corrected chi connectivity index (χ4v) is 3.00. The fourth-order valence-electron chi connectivity index (χ4n) is 3.00. The van der Waals surface area contributed by atoms with Crippen LogP contribution >= 0.6 is 0 Å². The first kappa shape index (κ1) is 17.7. The maximum absolute atomic E-state index is 12.2. The van der Waals surface area contributed by atoms with E-state index in [4.69, 9.17) is 0 Å². The van der Waals surface area contributed by atoms with Gasteiger partial charge in [0.2, 0.25) is 5.91 Å². The lowest BCUT2D eigenvalue weighted by molar-refractivity contribution is -0.121. The van der Waals surface area contributed by atoms with Crippen LogP contribution in [0, 0.1) is 13.8 Å². The zero-order valence-electron chi connectivity index (χ0n) is 15.2. The lowest BCUT2D eigenvalue weighted by Gasteiger charge is -2.15. The Balaban J connectivity index is 1.66. The van der Waals surface area contributed by atoms with Gasteiger partial charge in [-0.05, 0) is 50.6 Å². The molecule has 134 valence electrons. The molecule has 3 aromatic rings. The Morgan fingerprint density at radius 1 is 1.15 bits per heavy atom. The van der Waals surface area contributed by atoms with Gasteiger partial charge in [0.1, 0.15) is 5.75 Å². The van der Waals surface area contributed by atoms with Gasteiger partial charge in [-0.2, -0.15) is 5.10 Å². The van der Waals surface area contributed by atoms with E-state index in [1.807, 2.05) is 61.9 Å². The number of aromatic hydroxyl groups is 1. The van der Waals surface area contributed by atoms with Crippen LogP contribution in [-0.2, 0) is 11.2 Å². The van der Waals surface area contributed by atoms with Gasteiger partial charge >= 0.3 is 0 Å². The quantitative estimate of drug-likeness (QED) is 0.739. The van der Waals surface area contributed by atoms with E-state index in [9.17, 15) is 9.90 Å². The van der Waals surface area contributed by atoms with Crippen LogP contribution in [0.3, 0.4) is 0 Å². The van der Waals surface area contributed by atoms with Crippen LogP contribution in [0.2, 0.25) is 0 Å². The predicted molar refractivity (Wildman–Crippen MR) is 101 cm³/mol. The number of amides is 1. The van der Waals surface area contributed by atoms with Crippen LogP contribution in [0.1, 0.15) is 35.5 Å². The standard InChI is InChI=1S/C21H23N3O2/c1-14-12-15(2)24(23-14)19-10-8-17(9-11-19)16(3)22-21(26)13-18-6-4-5-7-20(18)25/h4-12,16,25H,13H2,1-3H3,(H,22,26). The van der Waals surface area contributed by atoms with E-state index >= 15 is 0 Å². The van der Waals surface area contributed by atoms with Gasteiger partial charge in [-0.25, -0.2) is 4.68 Å². The van der Waals surface area contributed by atoms with E-state index in [2.05, 4.69) is 10.4 Å². The molecule has 0 saturated heterocycles. The van der Waals surface area contributed by atoms with Gasteiger partial charge in [-0.15, -0.1) is 0 Å². The molecule has 0 saturated carbocycles. The van der Waals surface area contributed by atoms with Gasteiger partial charge in [0.15, 0.2) is 0 Å². The number of aromatic nitrogens is 2. The molecule has 1 atom stereocenters. The molecule has 3 rings (SSSR count). The van der Waals surface area contributed by atoms with Crippen molar-refractivity contribution in [1.29, 1.82) is 0 Å². The normalized spacial score (nSPS) is 12.0. The average molecular weight is 349 g/mol. The number of nitrogens with one attached hydrogen (secondary N) is 1. The van der Waals surface area contributed by atoms with Crippen molar-refractivity contribution in [2.75, 3.05) is 0 Å².